The topological polar surface area (TPSA) is 30.7 Å². The summed E-state index contributed by atoms with van der Waals surface area (Å²) in [5, 5.41) is 4.08. The van der Waals surface area contributed by atoms with Crippen LogP contribution in [0.3, 0.4) is 0 Å². The third-order valence-corrected chi connectivity index (χ3v) is 1.65. The van der Waals surface area contributed by atoms with Gasteiger partial charge in [0.05, 0.1) is 0 Å². The van der Waals surface area contributed by atoms with Crippen LogP contribution in [0.2, 0.25) is 0 Å². The maximum absolute atomic E-state index is 5.12. The predicted molar refractivity (Wildman–Crippen MR) is 36.3 cm³/mol. The summed E-state index contributed by atoms with van der Waals surface area (Å²) in [5.74, 6) is 3.97. The van der Waals surface area contributed by atoms with E-state index < -0.39 is 0 Å². The third kappa shape index (κ3) is 0.623. The van der Waals surface area contributed by atoms with Gasteiger partial charge in [-0.3, -0.25) is 0 Å². The number of hydrogen-bond acceptors (Lipinski definition) is 2. The van der Waals surface area contributed by atoms with Gasteiger partial charge in [-0.2, -0.15) is 0 Å². The molecule has 0 radical (unpaired) electrons. The van der Waals surface area contributed by atoms with Gasteiger partial charge in [-0.15, -0.1) is 11.5 Å². The van der Waals surface area contributed by atoms with Gasteiger partial charge < -0.3 is 0 Å². The highest BCUT2D eigenvalue weighted by Gasteiger charge is 2.13. The molecular formula is C7H7N3. The SMILES string of the molecule is C#Cc1nc2n(n1)CCC2. The molecule has 0 saturated carbocycles. The van der Waals surface area contributed by atoms with Crippen LogP contribution in [0.15, 0.2) is 0 Å². The van der Waals surface area contributed by atoms with Gasteiger partial charge in [-0.1, -0.05) is 0 Å². The van der Waals surface area contributed by atoms with E-state index in [1.165, 1.54) is 0 Å². The summed E-state index contributed by atoms with van der Waals surface area (Å²) in [6.45, 7) is 0.976. The molecule has 1 aromatic rings. The van der Waals surface area contributed by atoms with Gasteiger partial charge in [0, 0.05) is 13.0 Å². The molecule has 0 atom stereocenters. The molecule has 3 nitrogen and oxygen atoms in total. The highest BCUT2D eigenvalue weighted by molar-refractivity contribution is 5.15. The monoisotopic (exact) mass is 133 g/mol. The summed E-state index contributed by atoms with van der Waals surface area (Å²) in [6.07, 6.45) is 7.30. The average Bonchev–Trinajstić information content (AvgIpc) is 2.42. The Balaban J connectivity index is 2.49. The Labute approximate surface area is 59.1 Å². The van der Waals surface area contributed by atoms with Crippen LogP contribution in [0.1, 0.15) is 18.1 Å². The van der Waals surface area contributed by atoms with E-state index in [4.69, 9.17) is 6.42 Å². The lowest BCUT2D eigenvalue weighted by atomic mass is 10.4. The van der Waals surface area contributed by atoms with Gasteiger partial charge in [0.25, 0.3) is 0 Å². The van der Waals surface area contributed by atoms with E-state index in [0.717, 1.165) is 25.2 Å². The standard InChI is InChI=1S/C7H7N3/c1-2-6-8-7-4-3-5-10(7)9-6/h1H,3-5H2. The van der Waals surface area contributed by atoms with Gasteiger partial charge in [0.2, 0.25) is 5.82 Å². The minimum absolute atomic E-state index is 0.523. The molecule has 0 saturated heterocycles. The molecule has 0 fully saturated rings. The number of terminal acetylenes is 1. The van der Waals surface area contributed by atoms with Crippen molar-refractivity contribution in [3.05, 3.63) is 11.6 Å². The van der Waals surface area contributed by atoms with Crippen LogP contribution in [-0.4, -0.2) is 14.8 Å². The second-order valence-corrected chi connectivity index (χ2v) is 2.32. The fourth-order valence-electron chi connectivity index (χ4n) is 1.19. The van der Waals surface area contributed by atoms with E-state index in [9.17, 15) is 0 Å². The van der Waals surface area contributed by atoms with Crippen molar-refractivity contribution in [2.75, 3.05) is 0 Å². The fraction of sp³-hybridized carbons (Fsp3) is 0.429. The van der Waals surface area contributed by atoms with Gasteiger partial charge in [0.1, 0.15) is 5.82 Å². The summed E-state index contributed by atoms with van der Waals surface area (Å²) in [6, 6.07) is 0. The second kappa shape index (κ2) is 1.84. The Hall–Kier alpha value is -1.30. The summed E-state index contributed by atoms with van der Waals surface area (Å²) in [7, 11) is 0. The van der Waals surface area contributed by atoms with Crippen LogP contribution in [0, 0.1) is 12.3 Å². The van der Waals surface area contributed by atoms with Crippen LogP contribution in [-0.2, 0) is 13.0 Å². The van der Waals surface area contributed by atoms with Crippen LogP contribution in [0.25, 0.3) is 0 Å². The van der Waals surface area contributed by atoms with Crippen molar-refractivity contribution < 1.29 is 0 Å². The van der Waals surface area contributed by atoms with E-state index in [1.54, 1.807) is 0 Å². The largest absolute Gasteiger partial charge is 0.249 e. The third-order valence-electron chi connectivity index (χ3n) is 1.65. The zero-order chi connectivity index (χ0) is 6.97. The molecule has 0 N–H and O–H groups in total. The first kappa shape index (κ1) is 5.48. The van der Waals surface area contributed by atoms with Gasteiger partial charge in [-0.25, -0.2) is 9.67 Å². The molecule has 1 aliphatic heterocycles. The van der Waals surface area contributed by atoms with Crippen LogP contribution in [0.5, 0.6) is 0 Å². The molecule has 50 valence electrons. The molecule has 1 aromatic heterocycles. The summed E-state index contributed by atoms with van der Waals surface area (Å²) in [5.41, 5.74) is 0. The first-order chi connectivity index (χ1) is 4.90. The number of hydrogen-bond donors (Lipinski definition) is 0. The minimum Gasteiger partial charge on any atom is -0.249 e. The van der Waals surface area contributed by atoms with Crippen molar-refractivity contribution in [2.45, 2.75) is 19.4 Å². The summed E-state index contributed by atoms with van der Waals surface area (Å²) < 4.78 is 1.88. The lowest BCUT2D eigenvalue weighted by Crippen LogP contribution is -1.93. The molecular weight excluding hydrogens is 126 g/mol. The smallest absolute Gasteiger partial charge is 0.225 e. The van der Waals surface area contributed by atoms with Crippen molar-refractivity contribution in [2.24, 2.45) is 0 Å². The molecule has 10 heavy (non-hydrogen) atoms. The van der Waals surface area contributed by atoms with Gasteiger partial charge >= 0.3 is 0 Å². The molecule has 0 amide bonds. The van der Waals surface area contributed by atoms with Crippen LogP contribution >= 0.6 is 0 Å². The van der Waals surface area contributed by atoms with E-state index in [2.05, 4.69) is 16.0 Å². The Morgan fingerprint density at radius 2 is 2.50 bits per heavy atom. The normalized spacial score (nSPS) is 14.7. The molecule has 0 bridgehead atoms. The minimum atomic E-state index is 0.523. The van der Waals surface area contributed by atoms with E-state index in [0.29, 0.717) is 5.82 Å². The number of nitrogens with zero attached hydrogens (tertiary/aromatic N) is 3. The summed E-state index contributed by atoms with van der Waals surface area (Å²) >= 11 is 0. The molecule has 1 aliphatic rings. The van der Waals surface area contributed by atoms with Crippen molar-refractivity contribution in [3.63, 3.8) is 0 Å². The van der Waals surface area contributed by atoms with Gasteiger partial charge in [-0.05, 0) is 12.3 Å². The van der Waals surface area contributed by atoms with Crippen LogP contribution in [0.4, 0.5) is 0 Å². The molecule has 0 spiro atoms. The number of rotatable bonds is 0. The molecule has 0 unspecified atom stereocenters. The zero-order valence-electron chi connectivity index (χ0n) is 5.54. The predicted octanol–water partition coefficient (Wildman–Crippen LogP) is 0.206. The molecule has 3 heteroatoms. The number of fused-ring (bicyclic) bond motifs is 1. The first-order valence-electron chi connectivity index (χ1n) is 3.30. The lowest BCUT2D eigenvalue weighted by Gasteiger charge is -1.86. The van der Waals surface area contributed by atoms with Crippen LogP contribution < -0.4 is 0 Å². The Bertz CT molecular complexity index is 271. The Kier molecular flexibility index (Phi) is 1.01. The Morgan fingerprint density at radius 3 is 3.20 bits per heavy atom. The first-order valence-corrected chi connectivity index (χ1v) is 3.30. The molecule has 0 aromatic carbocycles. The maximum Gasteiger partial charge on any atom is 0.225 e. The van der Waals surface area contributed by atoms with E-state index in [1.807, 2.05) is 4.68 Å². The molecule has 2 rings (SSSR count). The van der Waals surface area contributed by atoms with E-state index >= 15 is 0 Å². The van der Waals surface area contributed by atoms with Gasteiger partial charge in [0.15, 0.2) is 0 Å². The zero-order valence-corrected chi connectivity index (χ0v) is 5.54. The lowest BCUT2D eigenvalue weighted by molar-refractivity contribution is 0.654. The maximum atomic E-state index is 5.12. The summed E-state index contributed by atoms with van der Waals surface area (Å²) in [4.78, 5) is 4.12. The molecule has 2 heterocycles. The quantitative estimate of drug-likeness (QED) is 0.473. The van der Waals surface area contributed by atoms with Crippen molar-refractivity contribution in [1.82, 2.24) is 14.8 Å². The fourth-order valence-corrected chi connectivity index (χ4v) is 1.19. The van der Waals surface area contributed by atoms with Crippen molar-refractivity contribution >= 4 is 0 Å². The molecule has 0 aliphatic carbocycles. The average molecular weight is 133 g/mol. The number of aryl methyl sites for hydroxylation is 2. The van der Waals surface area contributed by atoms with E-state index in [-0.39, 0.29) is 0 Å². The Morgan fingerprint density at radius 1 is 1.60 bits per heavy atom. The second-order valence-electron chi connectivity index (χ2n) is 2.32. The highest BCUT2D eigenvalue weighted by atomic mass is 15.4. The van der Waals surface area contributed by atoms with Crippen molar-refractivity contribution in [1.29, 1.82) is 0 Å². The number of aromatic nitrogens is 3. The highest BCUT2D eigenvalue weighted by Crippen LogP contribution is 2.10. The van der Waals surface area contributed by atoms with Crippen molar-refractivity contribution in [3.8, 4) is 12.3 Å².